The summed E-state index contributed by atoms with van der Waals surface area (Å²) in [5, 5.41) is 0.404. The summed E-state index contributed by atoms with van der Waals surface area (Å²) in [6.45, 7) is 2.06. The second-order valence-electron chi connectivity index (χ2n) is 6.25. The van der Waals surface area contributed by atoms with Crippen LogP contribution in [0.4, 0.5) is 5.69 Å². The van der Waals surface area contributed by atoms with E-state index < -0.39 is 5.97 Å². The van der Waals surface area contributed by atoms with Gasteiger partial charge in [-0.1, -0.05) is 43.0 Å². The number of halogens is 1. The molecule has 1 aliphatic carbocycles. The van der Waals surface area contributed by atoms with Crippen molar-refractivity contribution in [2.45, 2.75) is 44.9 Å². The summed E-state index contributed by atoms with van der Waals surface area (Å²) in [7, 11) is 0. The van der Waals surface area contributed by atoms with Crippen molar-refractivity contribution >= 4 is 23.3 Å². The predicted octanol–water partition coefficient (Wildman–Crippen LogP) is 4.94. The Hall–Kier alpha value is -1.94. The fraction of sp³-hybridized carbons (Fsp3) is 0.421. The maximum Gasteiger partial charge on any atom is 0.357 e. The lowest BCUT2D eigenvalue weighted by Crippen LogP contribution is -2.13. The number of hydrogen-bond donors (Lipinski definition) is 1. The summed E-state index contributed by atoms with van der Waals surface area (Å²) in [5.74, 6) is 0.181. The van der Waals surface area contributed by atoms with Gasteiger partial charge in [0.15, 0.2) is 5.69 Å². The van der Waals surface area contributed by atoms with Crippen molar-refractivity contribution in [2.75, 3.05) is 12.3 Å². The summed E-state index contributed by atoms with van der Waals surface area (Å²) in [4.78, 5) is 12.2. The Labute approximate surface area is 147 Å². The zero-order chi connectivity index (χ0) is 17.1. The number of nitrogens with zero attached hydrogens (tertiary/aromatic N) is 1. The zero-order valence-corrected chi connectivity index (χ0v) is 14.7. The van der Waals surface area contributed by atoms with Crippen molar-refractivity contribution in [2.24, 2.45) is 0 Å². The fourth-order valence-electron chi connectivity index (χ4n) is 3.49. The van der Waals surface area contributed by atoms with Crippen LogP contribution in [-0.4, -0.2) is 17.1 Å². The Morgan fingerprint density at radius 2 is 1.92 bits per heavy atom. The van der Waals surface area contributed by atoms with Gasteiger partial charge < -0.3 is 10.5 Å². The molecule has 0 bridgehead atoms. The van der Waals surface area contributed by atoms with Crippen molar-refractivity contribution in [3.05, 3.63) is 46.7 Å². The van der Waals surface area contributed by atoms with E-state index in [0.29, 0.717) is 23.4 Å². The topological polar surface area (TPSA) is 57.2 Å². The van der Waals surface area contributed by atoms with Crippen LogP contribution in [0.25, 0.3) is 5.69 Å². The largest absolute Gasteiger partial charge is 0.461 e. The molecule has 4 nitrogen and oxygen atoms in total. The minimum Gasteiger partial charge on any atom is -0.461 e. The van der Waals surface area contributed by atoms with E-state index in [1.54, 1.807) is 17.6 Å². The molecule has 0 unspecified atom stereocenters. The Bertz CT molecular complexity index is 716. The van der Waals surface area contributed by atoms with Gasteiger partial charge in [-0.05, 0) is 49.4 Å². The van der Waals surface area contributed by atoms with Gasteiger partial charge in [-0.25, -0.2) is 4.79 Å². The molecule has 0 radical (unpaired) electrons. The third-order valence-corrected chi connectivity index (χ3v) is 4.96. The number of nitrogens with two attached hydrogens (primary N) is 1. The molecule has 1 heterocycles. The second-order valence-corrected chi connectivity index (χ2v) is 6.64. The number of ether oxygens (including phenoxy) is 1. The number of benzene rings is 1. The second kappa shape index (κ2) is 7.31. The van der Waals surface area contributed by atoms with Gasteiger partial charge in [-0.3, -0.25) is 4.57 Å². The molecule has 3 rings (SSSR count). The van der Waals surface area contributed by atoms with Crippen LogP contribution in [0, 0.1) is 0 Å². The molecule has 1 aromatic heterocycles. The van der Waals surface area contributed by atoms with Crippen LogP contribution in [0.5, 0.6) is 0 Å². The maximum absolute atomic E-state index is 12.2. The molecule has 0 amide bonds. The Morgan fingerprint density at radius 3 is 2.54 bits per heavy atom. The van der Waals surface area contributed by atoms with Gasteiger partial charge in [0.05, 0.1) is 12.3 Å². The number of anilines is 1. The van der Waals surface area contributed by atoms with Gasteiger partial charge in [0.2, 0.25) is 0 Å². The molecule has 0 atom stereocenters. The SMILES string of the molecule is CCOC(=O)c1c(N)cc(Cl)n1-c1ccc(C2CCCCC2)cc1. The maximum atomic E-state index is 12.2. The van der Waals surface area contributed by atoms with E-state index in [1.165, 1.54) is 37.7 Å². The van der Waals surface area contributed by atoms with E-state index in [-0.39, 0.29) is 5.69 Å². The molecular formula is C19H23ClN2O2. The standard InChI is InChI=1S/C19H23ClN2O2/c1-2-24-19(23)18-16(21)12-17(20)22(18)15-10-8-14(9-11-15)13-6-4-3-5-7-13/h8-13H,2-7,21H2,1H3. The number of carbonyl (C=O) groups is 1. The molecule has 1 aliphatic rings. The van der Waals surface area contributed by atoms with E-state index in [2.05, 4.69) is 12.1 Å². The number of nitrogen functional groups attached to an aromatic ring is 1. The predicted molar refractivity (Wildman–Crippen MR) is 97.0 cm³/mol. The fourth-order valence-corrected chi connectivity index (χ4v) is 3.79. The third kappa shape index (κ3) is 3.29. The summed E-state index contributed by atoms with van der Waals surface area (Å²) in [6, 6.07) is 9.85. The van der Waals surface area contributed by atoms with Crippen molar-refractivity contribution in [3.63, 3.8) is 0 Å². The van der Waals surface area contributed by atoms with Crippen LogP contribution >= 0.6 is 11.6 Å². The van der Waals surface area contributed by atoms with Crippen LogP contribution < -0.4 is 5.73 Å². The first-order valence-corrected chi connectivity index (χ1v) is 8.93. The van der Waals surface area contributed by atoms with Gasteiger partial charge in [-0.15, -0.1) is 0 Å². The Kier molecular flexibility index (Phi) is 5.14. The van der Waals surface area contributed by atoms with Gasteiger partial charge in [0, 0.05) is 5.69 Å². The molecule has 24 heavy (non-hydrogen) atoms. The van der Waals surface area contributed by atoms with E-state index in [0.717, 1.165) is 5.69 Å². The lowest BCUT2D eigenvalue weighted by Gasteiger charge is -2.22. The van der Waals surface area contributed by atoms with E-state index in [4.69, 9.17) is 22.1 Å². The zero-order valence-electron chi connectivity index (χ0n) is 13.9. The van der Waals surface area contributed by atoms with Crippen LogP contribution in [0.2, 0.25) is 5.15 Å². The summed E-state index contributed by atoms with van der Waals surface area (Å²) in [6.07, 6.45) is 6.46. The normalized spacial score (nSPS) is 15.4. The van der Waals surface area contributed by atoms with E-state index >= 15 is 0 Å². The molecule has 128 valence electrons. The van der Waals surface area contributed by atoms with E-state index in [1.807, 2.05) is 12.1 Å². The number of hydrogen-bond acceptors (Lipinski definition) is 3. The molecule has 1 saturated carbocycles. The third-order valence-electron chi connectivity index (χ3n) is 4.68. The van der Waals surface area contributed by atoms with Crippen molar-refractivity contribution in [1.82, 2.24) is 4.57 Å². The average Bonchev–Trinajstić information content (AvgIpc) is 2.90. The van der Waals surface area contributed by atoms with Crippen molar-refractivity contribution < 1.29 is 9.53 Å². The van der Waals surface area contributed by atoms with Gasteiger partial charge >= 0.3 is 5.97 Å². The van der Waals surface area contributed by atoms with Gasteiger partial charge in [-0.2, -0.15) is 0 Å². The first-order valence-electron chi connectivity index (χ1n) is 8.56. The lowest BCUT2D eigenvalue weighted by atomic mass is 9.84. The monoisotopic (exact) mass is 346 g/mol. The smallest absolute Gasteiger partial charge is 0.357 e. The van der Waals surface area contributed by atoms with Crippen LogP contribution in [0.15, 0.2) is 30.3 Å². The minimum atomic E-state index is -0.460. The van der Waals surface area contributed by atoms with E-state index in [9.17, 15) is 4.79 Å². The highest BCUT2D eigenvalue weighted by atomic mass is 35.5. The molecule has 2 N–H and O–H groups in total. The number of rotatable bonds is 4. The molecule has 0 saturated heterocycles. The molecule has 5 heteroatoms. The van der Waals surface area contributed by atoms with Gasteiger partial charge in [0.1, 0.15) is 5.15 Å². The van der Waals surface area contributed by atoms with Crippen LogP contribution in [0.1, 0.15) is 61.0 Å². The molecular weight excluding hydrogens is 324 g/mol. The highest BCUT2D eigenvalue weighted by Crippen LogP contribution is 2.34. The number of carbonyl (C=O) groups excluding carboxylic acids is 1. The molecule has 1 fully saturated rings. The Balaban J connectivity index is 1.93. The van der Waals surface area contributed by atoms with Gasteiger partial charge in [0.25, 0.3) is 0 Å². The first kappa shape index (κ1) is 16.9. The average molecular weight is 347 g/mol. The van der Waals surface area contributed by atoms with Crippen LogP contribution in [0.3, 0.4) is 0 Å². The highest BCUT2D eigenvalue weighted by molar-refractivity contribution is 6.30. The quantitative estimate of drug-likeness (QED) is 0.798. The first-order chi connectivity index (χ1) is 11.6. The molecule has 0 spiro atoms. The number of esters is 1. The minimum absolute atomic E-state index is 0.285. The number of aromatic nitrogens is 1. The van der Waals surface area contributed by atoms with Crippen molar-refractivity contribution in [1.29, 1.82) is 0 Å². The molecule has 0 aliphatic heterocycles. The Morgan fingerprint density at radius 1 is 1.25 bits per heavy atom. The summed E-state index contributed by atoms with van der Waals surface area (Å²) < 4.78 is 6.76. The highest BCUT2D eigenvalue weighted by Gasteiger charge is 2.22. The van der Waals surface area contributed by atoms with Crippen LogP contribution in [-0.2, 0) is 4.74 Å². The molecule has 1 aromatic carbocycles. The lowest BCUT2D eigenvalue weighted by molar-refractivity contribution is 0.0518. The molecule has 2 aromatic rings. The summed E-state index contributed by atoms with van der Waals surface area (Å²) in [5.41, 5.74) is 8.74. The summed E-state index contributed by atoms with van der Waals surface area (Å²) >= 11 is 6.29. The van der Waals surface area contributed by atoms with Crippen molar-refractivity contribution in [3.8, 4) is 5.69 Å².